The van der Waals surface area contributed by atoms with E-state index < -0.39 is 5.66 Å². The Hall–Kier alpha value is -2.32. The Labute approximate surface area is 178 Å². The lowest BCUT2D eigenvalue weighted by atomic mass is 9.75. The van der Waals surface area contributed by atoms with Crippen LogP contribution in [0.25, 0.3) is 0 Å². The summed E-state index contributed by atoms with van der Waals surface area (Å²) in [7, 11) is 0. The molecule has 2 saturated heterocycles. The molecule has 1 aliphatic carbocycles. The fraction of sp³-hybridized carbons (Fsp3) is 0.333. The van der Waals surface area contributed by atoms with Gasteiger partial charge >= 0.3 is 0 Å². The Morgan fingerprint density at radius 3 is 1.45 bits per heavy atom. The number of benzene rings is 2. The molecule has 0 amide bonds. The topological polar surface area (TPSA) is 48.1 Å². The zero-order valence-electron chi connectivity index (χ0n) is 15.4. The lowest BCUT2D eigenvalue weighted by Gasteiger charge is -2.54. The highest BCUT2D eigenvalue weighted by Crippen LogP contribution is 2.52. The number of rotatable bonds is 2. The van der Waals surface area contributed by atoms with E-state index in [0.29, 0.717) is 10.2 Å². The van der Waals surface area contributed by atoms with Crippen LogP contribution in [-0.2, 0) is 0 Å². The molecular weight excluding hydrogens is 410 g/mol. The zero-order chi connectivity index (χ0) is 20.2. The van der Waals surface area contributed by atoms with Crippen molar-refractivity contribution >= 4 is 34.7 Å². The molecule has 150 valence electrons. The molecular formula is C21H20F2N4S2. The van der Waals surface area contributed by atoms with Crippen molar-refractivity contribution in [2.75, 3.05) is 0 Å². The second-order valence-corrected chi connectivity index (χ2v) is 8.73. The van der Waals surface area contributed by atoms with Crippen LogP contribution in [0.1, 0.15) is 36.1 Å². The van der Waals surface area contributed by atoms with Gasteiger partial charge in [0.25, 0.3) is 0 Å². The molecule has 4 atom stereocenters. The predicted molar refractivity (Wildman–Crippen MR) is 115 cm³/mol. The van der Waals surface area contributed by atoms with Gasteiger partial charge in [-0.15, -0.1) is 0 Å². The Morgan fingerprint density at radius 2 is 1.07 bits per heavy atom. The Bertz CT molecular complexity index is 884. The molecule has 2 aliphatic heterocycles. The van der Waals surface area contributed by atoms with Crippen LogP contribution >= 0.6 is 24.4 Å². The maximum Gasteiger partial charge on any atom is 0.168 e. The summed E-state index contributed by atoms with van der Waals surface area (Å²) in [6.07, 6.45) is 1.87. The van der Waals surface area contributed by atoms with Crippen LogP contribution in [0.5, 0.6) is 0 Å². The summed E-state index contributed by atoms with van der Waals surface area (Å²) in [5.74, 6) is -0.232. The summed E-state index contributed by atoms with van der Waals surface area (Å²) in [5.41, 5.74) is 1.46. The third-order valence-electron chi connectivity index (χ3n) is 6.44. The van der Waals surface area contributed by atoms with Gasteiger partial charge in [-0.05, 0) is 72.7 Å². The molecule has 1 saturated carbocycles. The van der Waals surface area contributed by atoms with Gasteiger partial charge in [0.2, 0.25) is 0 Å². The Kier molecular flexibility index (Phi) is 4.43. The van der Waals surface area contributed by atoms with Crippen LogP contribution in [0.15, 0.2) is 48.5 Å². The molecule has 1 spiro atoms. The third-order valence-corrected chi connectivity index (χ3v) is 6.88. The van der Waals surface area contributed by atoms with Crippen molar-refractivity contribution in [1.29, 1.82) is 0 Å². The van der Waals surface area contributed by atoms with Crippen LogP contribution in [0.3, 0.4) is 0 Å². The number of hydrogen-bond donors (Lipinski definition) is 4. The highest BCUT2D eigenvalue weighted by molar-refractivity contribution is 7.80. The van der Waals surface area contributed by atoms with E-state index in [2.05, 4.69) is 21.3 Å². The minimum atomic E-state index is -0.525. The summed E-state index contributed by atoms with van der Waals surface area (Å²) >= 11 is 11.1. The third kappa shape index (κ3) is 3.05. The summed E-state index contributed by atoms with van der Waals surface area (Å²) < 4.78 is 26.9. The Morgan fingerprint density at radius 1 is 0.690 bits per heavy atom. The molecule has 3 fully saturated rings. The quantitative estimate of drug-likeness (QED) is 0.548. The SMILES string of the molecule is Fc1ccc(C2NC(=S)NC34NC(=S)NC(c5ccc(F)cc5)C3CCC24)cc1. The second kappa shape index (κ2) is 6.88. The van der Waals surface area contributed by atoms with Gasteiger partial charge in [0.1, 0.15) is 17.3 Å². The lowest BCUT2D eigenvalue weighted by molar-refractivity contribution is 0.107. The molecule has 29 heavy (non-hydrogen) atoms. The average Bonchev–Trinajstić information content (AvgIpc) is 3.06. The Balaban J connectivity index is 1.55. The van der Waals surface area contributed by atoms with Crippen molar-refractivity contribution < 1.29 is 8.78 Å². The maximum absolute atomic E-state index is 13.5. The molecule has 2 aromatic carbocycles. The van der Waals surface area contributed by atoms with Crippen molar-refractivity contribution in [2.24, 2.45) is 11.8 Å². The normalized spacial score (nSPS) is 32.9. The van der Waals surface area contributed by atoms with Crippen molar-refractivity contribution in [3.05, 3.63) is 71.3 Å². The first kappa shape index (κ1) is 18.7. The molecule has 2 heterocycles. The van der Waals surface area contributed by atoms with Gasteiger partial charge in [-0.2, -0.15) is 0 Å². The molecule has 5 rings (SSSR count). The van der Waals surface area contributed by atoms with Crippen LogP contribution in [-0.4, -0.2) is 15.9 Å². The minimum absolute atomic E-state index is 0.0587. The highest BCUT2D eigenvalue weighted by atomic mass is 32.1. The largest absolute Gasteiger partial charge is 0.355 e. The van der Waals surface area contributed by atoms with Gasteiger partial charge in [0.05, 0.1) is 12.1 Å². The monoisotopic (exact) mass is 430 g/mol. The highest BCUT2D eigenvalue weighted by Gasteiger charge is 2.60. The number of halogens is 2. The second-order valence-electron chi connectivity index (χ2n) is 7.91. The van der Waals surface area contributed by atoms with E-state index in [9.17, 15) is 8.78 Å². The van der Waals surface area contributed by atoms with Crippen LogP contribution in [0.2, 0.25) is 0 Å². The first-order valence-corrected chi connectivity index (χ1v) is 10.5. The van der Waals surface area contributed by atoms with Gasteiger partial charge < -0.3 is 21.3 Å². The standard InChI is InChI=1S/C21H20F2N4S2/c22-13-5-1-11(2-6-13)17-15-9-10-16-18(12-3-7-14(23)8-4-12)25-20(29)27-21(15,16)26-19(28)24-17/h1-8,15-18H,9-10H2,(H2,24,26,28)(H2,25,27,29). The number of nitrogens with one attached hydrogen (secondary N) is 4. The molecule has 4 unspecified atom stereocenters. The van der Waals surface area contributed by atoms with Gasteiger partial charge in [-0.3, -0.25) is 0 Å². The molecule has 8 heteroatoms. The zero-order valence-corrected chi connectivity index (χ0v) is 17.0. The average molecular weight is 431 g/mol. The van der Waals surface area contributed by atoms with Crippen molar-refractivity contribution in [1.82, 2.24) is 21.3 Å². The van der Waals surface area contributed by atoms with Crippen LogP contribution < -0.4 is 21.3 Å². The molecule has 0 aromatic heterocycles. The van der Waals surface area contributed by atoms with Crippen molar-refractivity contribution in [3.63, 3.8) is 0 Å². The first-order valence-electron chi connectivity index (χ1n) is 9.64. The minimum Gasteiger partial charge on any atom is -0.355 e. The summed E-state index contributed by atoms with van der Waals surface area (Å²) in [5, 5.41) is 14.8. The molecule has 4 N–H and O–H groups in total. The molecule has 4 nitrogen and oxygen atoms in total. The molecule has 2 aromatic rings. The van der Waals surface area contributed by atoms with E-state index in [4.69, 9.17) is 24.4 Å². The molecule has 0 radical (unpaired) electrons. The van der Waals surface area contributed by atoms with Crippen molar-refractivity contribution in [3.8, 4) is 0 Å². The van der Waals surface area contributed by atoms with E-state index >= 15 is 0 Å². The predicted octanol–water partition coefficient (Wildman–Crippen LogP) is 3.43. The van der Waals surface area contributed by atoms with Gasteiger partial charge in [0, 0.05) is 11.8 Å². The molecule has 0 bridgehead atoms. The lowest BCUT2D eigenvalue weighted by Crippen LogP contribution is -2.77. The summed E-state index contributed by atoms with van der Waals surface area (Å²) in [4.78, 5) is 0. The number of thiocarbonyl (C=S) groups is 2. The fourth-order valence-electron chi connectivity index (χ4n) is 5.25. The van der Waals surface area contributed by atoms with E-state index in [-0.39, 0.29) is 35.6 Å². The van der Waals surface area contributed by atoms with E-state index in [1.165, 1.54) is 24.3 Å². The molecule has 3 aliphatic rings. The van der Waals surface area contributed by atoms with E-state index in [1.807, 2.05) is 0 Å². The first-order chi connectivity index (χ1) is 14.0. The van der Waals surface area contributed by atoms with Gasteiger partial charge in [-0.1, -0.05) is 24.3 Å². The summed E-state index contributed by atoms with van der Waals surface area (Å²) in [6, 6.07) is 13.0. The van der Waals surface area contributed by atoms with E-state index in [1.54, 1.807) is 24.3 Å². The van der Waals surface area contributed by atoms with E-state index in [0.717, 1.165) is 24.0 Å². The maximum atomic E-state index is 13.5. The van der Waals surface area contributed by atoms with Gasteiger partial charge in [0.15, 0.2) is 10.2 Å². The van der Waals surface area contributed by atoms with Crippen molar-refractivity contribution in [2.45, 2.75) is 30.6 Å². The number of hydrogen-bond acceptors (Lipinski definition) is 2. The van der Waals surface area contributed by atoms with Crippen LogP contribution in [0.4, 0.5) is 8.78 Å². The fourth-order valence-corrected chi connectivity index (χ4v) is 5.85. The van der Waals surface area contributed by atoms with Gasteiger partial charge in [-0.25, -0.2) is 8.78 Å². The smallest absolute Gasteiger partial charge is 0.168 e. The van der Waals surface area contributed by atoms with Crippen LogP contribution in [0, 0.1) is 23.5 Å². The summed E-state index contributed by atoms with van der Waals surface area (Å²) in [6.45, 7) is 0.